The molecule has 1 N–H and O–H groups in total. The summed E-state index contributed by atoms with van der Waals surface area (Å²) in [5.74, 6) is 0.937. The van der Waals surface area contributed by atoms with Gasteiger partial charge >= 0.3 is 0 Å². The standard InChI is InChI=1S/C15H23NO2/c1-12-10-14(7-9-18-12)16-8-6-13-4-3-5-15(11-13)17-2/h3-5,11-12,14,16H,6-10H2,1-2H3. The van der Waals surface area contributed by atoms with Crippen molar-refractivity contribution >= 4 is 0 Å². The maximum atomic E-state index is 5.55. The molecule has 0 saturated carbocycles. The molecule has 1 aliphatic rings. The van der Waals surface area contributed by atoms with E-state index >= 15 is 0 Å². The Balaban J connectivity index is 1.74. The van der Waals surface area contributed by atoms with Gasteiger partial charge in [-0.05, 0) is 50.4 Å². The van der Waals surface area contributed by atoms with Gasteiger partial charge in [0, 0.05) is 12.6 Å². The Hall–Kier alpha value is -1.06. The number of hydrogen-bond acceptors (Lipinski definition) is 3. The van der Waals surface area contributed by atoms with Crippen LogP contribution in [-0.4, -0.2) is 32.4 Å². The zero-order valence-corrected chi connectivity index (χ0v) is 11.3. The van der Waals surface area contributed by atoms with Gasteiger partial charge in [-0.2, -0.15) is 0 Å². The first-order valence-electron chi connectivity index (χ1n) is 6.76. The van der Waals surface area contributed by atoms with Crippen LogP contribution < -0.4 is 10.1 Å². The number of ether oxygens (including phenoxy) is 2. The maximum Gasteiger partial charge on any atom is 0.119 e. The van der Waals surface area contributed by atoms with Crippen LogP contribution in [0, 0.1) is 0 Å². The highest BCUT2D eigenvalue weighted by Gasteiger charge is 2.18. The van der Waals surface area contributed by atoms with Gasteiger partial charge in [-0.15, -0.1) is 0 Å². The van der Waals surface area contributed by atoms with Gasteiger partial charge in [0.2, 0.25) is 0 Å². The SMILES string of the molecule is COc1cccc(CCNC2CCOC(C)C2)c1. The van der Waals surface area contributed by atoms with Crippen LogP contribution >= 0.6 is 0 Å². The first-order valence-corrected chi connectivity index (χ1v) is 6.76. The second-order valence-corrected chi connectivity index (χ2v) is 4.96. The molecule has 0 spiro atoms. The molecule has 1 heterocycles. The summed E-state index contributed by atoms with van der Waals surface area (Å²) < 4.78 is 10.8. The second-order valence-electron chi connectivity index (χ2n) is 4.96. The molecule has 0 aliphatic carbocycles. The van der Waals surface area contributed by atoms with E-state index < -0.39 is 0 Å². The van der Waals surface area contributed by atoms with Crippen molar-refractivity contribution in [2.24, 2.45) is 0 Å². The van der Waals surface area contributed by atoms with E-state index in [1.54, 1.807) is 7.11 Å². The number of nitrogens with one attached hydrogen (secondary N) is 1. The fourth-order valence-corrected chi connectivity index (χ4v) is 2.43. The molecule has 2 atom stereocenters. The predicted molar refractivity (Wildman–Crippen MR) is 73.1 cm³/mol. The summed E-state index contributed by atoms with van der Waals surface area (Å²) >= 11 is 0. The molecule has 3 heteroatoms. The summed E-state index contributed by atoms with van der Waals surface area (Å²) in [5.41, 5.74) is 1.32. The van der Waals surface area contributed by atoms with Crippen LogP contribution in [0.4, 0.5) is 0 Å². The van der Waals surface area contributed by atoms with Crippen molar-refractivity contribution in [1.29, 1.82) is 0 Å². The smallest absolute Gasteiger partial charge is 0.119 e. The van der Waals surface area contributed by atoms with Gasteiger partial charge in [-0.1, -0.05) is 12.1 Å². The van der Waals surface area contributed by atoms with Crippen LogP contribution in [0.2, 0.25) is 0 Å². The van der Waals surface area contributed by atoms with Crippen LogP contribution in [0.1, 0.15) is 25.3 Å². The molecule has 0 aromatic heterocycles. The lowest BCUT2D eigenvalue weighted by Crippen LogP contribution is -2.38. The molecule has 2 rings (SSSR count). The largest absolute Gasteiger partial charge is 0.497 e. The topological polar surface area (TPSA) is 30.5 Å². The monoisotopic (exact) mass is 249 g/mol. The van der Waals surface area contributed by atoms with Crippen LogP contribution in [0.15, 0.2) is 24.3 Å². The van der Waals surface area contributed by atoms with Crippen molar-refractivity contribution in [3.63, 3.8) is 0 Å². The fourth-order valence-electron chi connectivity index (χ4n) is 2.43. The van der Waals surface area contributed by atoms with Crippen molar-refractivity contribution < 1.29 is 9.47 Å². The molecule has 1 fully saturated rings. The van der Waals surface area contributed by atoms with Crippen LogP contribution in [0.5, 0.6) is 5.75 Å². The van der Waals surface area contributed by atoms with Crippen molar-refractivity contribution in [3.05, 3.63) is 29.8 Å². The van der Waals surface area contributed by atoms with Crippen LogP contribution in [0.3, 0.4) is 0 Å². The Bertz CT molecular complexity index is 367. The number of benzene rings is 1. The first kappa shape index (κ1) is 13.4. The highest BCUT2D eigenvalue weighted by atomic mass is 16.5. The van der Waals surface area contributed by atoms with E-state index in [1.165, 1.54) is 5.56 Å². The highest BCUT2D eigenvalue weighted by molar-refractivity contribution is 5.28. The lowest BCUT2D eigenvalue weighted by atomic mass is 10.0. The Morgan fingerprint density at radius 2 is 2.33 bits per heavy atom. The summed E-state index contributed by atoms with van der Waals surface area (Å²) in [5, 5.41) is 3.62. The lowest BCUT2D eigenvalue weighted by molar-refractivity contribution is 0.0135. The summed E-state index contributed by atoms with van der Waals surface area (Å²) in [4.78, 5) is 0. The molecule has 1 aromatic carbocycles. The van der Waals surface area contributed by atoms with Gasteiger partial charge in [0.1, 0.15) is 5.75 Å². The summed E-state index contributed by atoms with van der Waals surface area (Å²) in [6.07, 6.45) is 3.69. The molecule has 100 valence electrons. The van der Waals surface area contributed by atoms with E-state index in [1.807, 2.05) is 12.1 Å². The molecule has 1 aromatic rings. The average Bonchev–Trinajstić information content (AvgIpc) is 2.39. The molecule has 1 saturated heterocycles. The first-order chi connectivity index (χ1) is 8.78. The van der Waals surface area contributed by atoms with Crippen LogP contribution in [0.25, 0.3) is 0 Å². The molecule has 2 unspecified atom stereocenters. The molecule has 0 radical (unpaired) electrons. The number of methoxy groups -OCH3 is 1. The Morgan fingerprint density at radius 3 is 3.11 bits per heavy atom. The molecular weight excluding hydrogens is 226 g/mol. The Kier molecular flexibility index (Phi) is 5.02. The van der Waals surface area contributed by atoms with Crippen molar-refractivity contribution in [2.75, 3.05) is 20.3 Å². The van der Waals surface area contributed by atoms with E-state index in [0.717, 1.165) is 38.2 Å². The Morgan fingerprint density at radius 1 is 1.44 bits per heavy atom. The zero-order valence-electron chi connectivity index (χ0n) is 11.3. The van der Waals surface area contributed by atoms with E-state index in [-0.39, 0.29) is 0 Å². The van der Waals surface area contributed by atoms with Crippen molar-refractivity contribution in [3.8, 4) is 5.75 Å². The van der Waals surface area contributed by atoms with Gasteiger partial charge in [0.05, 0.1) is 13.2 Å². The second kappa shape index (κ2) is 6.76. The van der Waals surface area contributed by atoms with Crippen molar-refractivity contribution in [2.45, 2.75) is 38.3 Å². The summed E-state index contributed by atoms with van der Waals surface area (Å²) in [6, 6.07) is 8.90. The molecule has 18 heavy (non-hydrogen) atoms. The lowest BCUT2D eigenvalue weighted by Gasteiger charge is -2.28. The van der Waals surface area contributed by atoms with Gasteiger partial charge in [-0.25, -0.2) is 0 Å². The predicted octanol–water partition coefficient (Wildman–Crippen LogP) is 2.39. The third-order valence-electron chi connectivity index (χ3n) is 3.47. The fraction of sp³-hybridized carbons (Fsp3) is 0.600. The minimum atomic E-state index is 0.396. The van der Waals surface area contributed by atoms with E-state index in [9.17, 15) is 0 Å². The third-order valence-corrected chi connectivity index (χ3v) is 3.47. The van der Waals surface area contributed by atoms with E-state index in [4.69, 9.17) is 9.47 Å². The maximum absolute atomic E-state index is 5.55. The summed E-state index contributed by atoms with van der Waals surface area (Å²) in [6.45, 7) is 4.05. The minimum absolute atomic E-state index is 0.396. The minimum Gasteiger partial charge on any atom is -0.497 e. The van der Waals surface area contributed by atoms with E-state index in [0.29, 0.717) is 12.1 Å². The molecule has 1 aliphatic heterocycles. The average molecular weight is 249 g/mol. The molecular formula is C15H23NO2. The molecule has 0 bridgehead atoms. The number of hydrogen-bond donors (Lipinski definition) is 1. The third kappa shape index (κ3) is 4.00. The van der Waals surface area contributed by atoms with Crippen LogP contribution in [-0.2, 0) is 11.2 Å². The van der Waals surface area contributed by atoms with Gasteiger partial charge in [-0.3, -0.25) is 0 Å². The van der Waals surface area contributed by atoms with Gasteiger partial charge in [0.25, 0.3) is 0 Å². The quantitative estimate of drug-likeness (QED) is 0.869. The number of rotatable bonds is 5. The van der Waals surface area contributed by atoms with Gasteiger partial charge in [0.15, 0.2) is 0 Å². The zero-order chi connectivity index (χ0) is 12.8. The normalized spacial score (nSPS) is 23.9. The molecule has 3 nitrogen and oxygen atoms in total. The van der Waals surface area contributed by atoms with E-state index in [2.05, 4.69) is 24.4 Å². The highest BCUT2D eigenvalue weighted by Crippen LogP contribution is 2.14. The Labute approximate surface area is 109 Å². The van der Waals surface area contributed by atoms with Gasteiger partial charge < -0.3 is 14.8 Å². The summed E-state index contributed by atoms with van der Waals surface area (Å²) in [7, 11) is 1.71. The molecule has 0 amide bonds. The van der Waals surface area contributed by atoms with Crippen molar-refractivity contribution in [1.82, 2.24) is 5.32 Å².